The van der Waals surface area contributed by atoms with Gasteiger partial charge in [-0.3, -0.25) is 4.79 Å². The summed E-state index contributed by atoms with van der Waals surface area (Å²) < 4.78 is 21.5. The lowest BCUT2D eigenvalue weighted by atomic mass is 9.93. The van der Waals surface area contributed by atoms with Gasteiger partial charge in [0.2, 0.25) is 5.91 Å². The van der Waals surface area contributed by atoms with Crippen LogP contribution in [0, 0.1) is 46.4 Å². The highest BCUT2D eigenvalue weighted by molar-refractivity contribution is 5.82. The van der Waals surface area contributed by atoms with Gasteiger partial charge in [-0.2, -0.15) is 0 Å². The smallest absolute Gasteiger partial charge is 0.242 e. The lowest BCUT2D eigenvalue weighted by molar-refractivity contribution is -0.123. The molecule has 332 valence electrons. The molecule has 0 aliphatic heterocycles. The van der Waals surface area contributed by atoms with Crippen molar-refractivity contribution in [3.05, 3.63) is 166 Å². The Morgan fingerprint density at radius 1 is 0.787 bits per heavy atom. The first kappa shape index (κ1) is 50.4. The van der Waals surface area contributed by atoms with Gasteiger partial charge >= 0.3 is 0 Å². The van der Waals surface area contributed by atoms with E-state index in [4.69, 9.17) is 10.5 Å². The molecule has 5 atom stereocenters. The lowest BCUT2D eigenvalue weighted by Crippen LogP contribution is -2.52. The molecule has 8 heteroatoms. The van der Waals surface area contributed by atoms with E-state index in [2.05, 4.69) is 100 Å². The van der Waals surface area contributed by atoms with E-state index in [-0.39, 0.29) is 42.9 Å². The topological polar surface area (TPSA) is 100 Å². The zero-order valence-corrected chi connectivity index (χ0v) is 38.7. The van der Waals surface area contributed by atoms with Crippen molar-refractivity contribution in [1.29, 1.82) is 0 Å². The minimum Gasteiger partial charge on any atom is -0.380 e. The first-order chi connectivity index (χ1) is 28.9. The number of carbonyl (C=O) groups excluding carboxylic acids is 1. The summed E-state index contributed by atoms with van der Waals surface area (Å²) in [6.45, 7) is 39.3. The molecule has 0 radical (unpaired) electrons. The molecule has 0 saturated carbocycles. The summed E-state index contributed by atoms with van der Waals surface area (Å²) in [6.07, 6.45) is 5.53. The van der Waals surface area contributed by atoms with Crippen molar-refractivity contribution in [3.63, 3.8) is 0 Å². The van der Waals surface area contributed by atoms with Crippen LogP contribution in [0.15, 0.2) is 116 Å². The predicted octanol–water partition coefficient (Wildman–Crippen LogP) is 10.4. The lowest BCUT2D eigenvalue weighted by Gasteiger charge is -2.34. The number of benzene rings is 3. The van der Waals surface area contributed by atoms with Crippen LogP contribution in [0.5, 0.6) is 0 Å². The standard InChI is InChI=1S/C53H76FN5O2/c1-14-34(2)19-18-22-49(57-42(10)39(7)31-47-29-35(3)23-25-37(47)5)43(11)59-52(45(13)61-33-46-20-16-15-17-21-46)44(12)58-50(27-28-55)53(60)56-32-36(4)24-26-48-41(9)38(6)30-40(8)51(48)54/h15-17,20-21,23,25,29-30,39,45,49-50,52,57-59H,2,4,10-12,14,18-19,22,24,26-28,31-33,55H2,1,3,5-9,13H3,(H,56,60)/t39-,45+,49-,50?,52+/m0/s1. The van der Waals surface area contributed by atoms with Crippen LogP contribution >= 0.6 is 0 Å². The van der Waals surface area contributed by atoms with Crippen LogP contribution in [-0.4, -0.2) is 43.2 Å². The maximum Gasteiger partial charge on any atom is 0.242 e. The molecule has 3 rings (SSSR count). The monoisotopic (exact) mass is 834 g/mol. The first-order valence-electron chi connectivity index (χ1n) is 22.1. The Morgan fingerprint density at radius 2 is 1.48 bits per heavy atom. The zero-order valence-electron chi connectivity index (χ0n) is 38.7. The van der Waals surface area contributed by atoms with E-state index in [1.807, 2.05) is 57.2 Å². The minimum absolute atomic E-state index is 0.148. The Balaban J connectivity index is 1.79. The Labute approximate surface area is 368 Å². The number of halogens is 1. The molecule has 0 saturated heterocycles. The summed E-state index contributed by atoms with van der Waals surface area (Å²) in [5, 5.41) is 13.9. The highest BCUT2D eigenvalue weighted by Crippen LogP contribution is 2.24. The average Bonchev–Trinajstić information content (AvgIpc) is 3.23. The summed E-state index contributed by atoms with van der Waals surface area (Å²) in [5.41, 5.74) is 18.6. The van der Waals surface area contributed by atoms with Crippen molar-refractivity contribution in [2.45, 2.75) is 138 Å². The van der Waals surface area contributed by atoms with E-state index in [0.29, 0.717) is 42.7 Å². The first-order valence-corrected chi connectivity index (χ1v) is 22.1. The largest absolute Gasteiger partial charge is 0.380 e. The number of carbonyl (C=O) groups is 1. The number of aryl methyl sites for hydroxylation is 4. The Hall–Kier alpha value is -4.92. The summed E-state index contributed by atoms with van der Waals surface area (Å²) in [5.74, 6) is -0.219. The predicted molar refractivity (Wildman–Crippen MR) is 256 cm³/mol. The number of amides is 1. The number of allylic oxidation sites excluding steroid dienone is 2. The van der Waals surface area contributed by atoms with Crippen molar-refractivity contribution in [1.82, 2.24) is 21.3 Å². The van der Waals surface area contributed by atoms with Crippen LogP contribution in [0.2, 0.25) is 0 Å². The minimum atomic E-state index is -0.664. The summed E-state index contributed by atoms with van der Waals surface area (Å²) in [7, 11) is 0. The van der Waals surface area contributed by atoms with E-state index in [0.717, 1.165) is 65.8 Å². The van der Waals surface area contributed by atoms with E-state index in [1.54, 1.807) is 6.92 Å². The van der Waals surface area contributed by atoms with Gasteiger partial charge in [-0.15, -0.1) is 0 Å². The number of nitrogens with two attached hydrogens (primary N) is 1. The van der Waals surface area contributed by atoms with E-state index >= 15 is 4.39 Å². The number of hydrogen-bond donors (Lipinski definition) is 5. The second kappa shape index (κ2) is 25.1. The van der Waals surface area contributed by atoms with Crippen molar-refractivity contribution < 1.29 is 13.9 Å². The van der Waals surface area contributed by atoms with Crippen molar-refractivity contribution >= 4 is 5.91 Å². The van der Waals surface area contributed by atoms with Gasteiger partial charge in [0, 0.05) is 23.6 Å². The molecule has 0 spiro atoms. The van der Waals surface area contributed by atoms with Gasteiger partial charge in [-0.05, 0) is 144 Å². The van der Waals surface area contributed by atoms with Crippen LogP contribution in [-0.2, 0) is 29.0 Å². The van der Waals surface area contributed by atoms with Gasteiger partial charge < -0.3 is 31.7 Å². The molecule has 7 nitrogen and oxygen atoms in total. The molecule has 0 fully saturated rings. The molecule has 0 aliphatic carbocycles. The van der Waals surface area contributed by atoms with E-state index in [9.17, 15) is 4.79 Å². The SMILES string of the molecule is C=C(CC)CCC[C@H](NC(=C)[C@@H](C)Cc1cc(C)ccc1C)C(=C)N[C@H](C(=C)NC(CCN)C(=O)NCC(=C)CCc1c(C)c(C)cc(C)c1F)[C@@H](C)OCc1ccccc1. The Morgan fingerprint density at radius 3 is 2.15 bits per heavy atom. The maximum absolute atomic E-state index is 15.0. The van der Waals surface area contributed by atoms with Gasteiger partial charge in [0.15, 0.2) is 0 Å². The second-order valence-corrected chi connectivity index (χ2v) is 17.1. The molecule has 1 unspecified atom stereocenters. The van der Waals surface area contributed by atoms with E-state index < -0.39 is 12.1 Å². The Bertz CT molecular complexity index is 1940. The van der Waals surface area contributed by atoms with Crippen LogP contribution < -0.4 is 27.0 Å². The fourth-order valence-electron chi connectivity index (χ4n) is 7.50. The zero-order chi connectivity index (χ0) is 45.2. The molecular formula is C53H76FN5O2. The van der Waals surface area contributed by atoms with Crippen LogP contribution in [0.3, 0.4) is 0 Å². The molecular weight excluding hydrogens is 758 g/mol. The fourth-order valence-corrected chi connectivity index (χ4v) is 7.50. The highest BCUT2D eigenvalue weighted by atomic mass is 19.1. The van der Waals surface area contributed by atoms with Crippen molar-refractivity contribution in [2.24, 2.45) is 11.7 Å². The summed E-state index contributed by atoms with van der Waals surface area (Å²) in [6, 6.07) is 17.2. The van der Waals surface area contributed by atoms with Gasteiger partial charge in [-0.1, -0.05) is 118 Å². The van der Waals surface area contributed by atoms with Crippen molar-refractivity contribution in [2.75, 3.05) is 13.1 Å². The fraction of sp³-hybridized carbons (Fsp3) is 0.453. The van der Waals surface area contributed by atoms with Crippen molar-refractivity contribution in [3.8, 4) is 0 Å². The van der Waals surface area contributed by atoms with Gasteiger partial charge in [0.05, 0.1) is 24.8 Å². The normalized spacial score (nSPS) is 13.6. The third kappa shape index (κ3) is 16.1. The van der Waals surface area contributed by atoms with Crippen LogP contribution in [0.25, 0.3) is 0 Å². The summed E-state index contributed by atoms with van der Waals surface area (Å²) in [4.78, 5) is 13.8. The number of ether oxygens (including phenoxy) is 1. The molecule has 3 aromatic rings. The molecule has 61 heavy (non-hydrogen) atoms. The second-order valence-electron chi connectivity index (χ2n) is 17.1. The number of rotatable bonds is 28. The van der Waals surface area contributed by atoms with Gasteiger partial charge in [0.25, 0.3) is 0 Å². The van der Waals surface area contributed by atoms with Crippen LogP contribution in [0.4, 0.5) is 4.39 Å². The molecule has 6 N–H and O–H groups in total. The quantitative estimate of drug-likeness (QED) is 0.0467. The van der Waals surface area contributed by atoms with Crippen LogP contribution in [0.1, 0.15) is 104 Å². The molecule has 0 aliphatic rings. The maximum atomic E-state index is 15.0. The molecule has 3 aromatic carbocycles. The summed E-state index contributed by atoms with van der Waals surface area (Å²) >= 11 is 0. The molecule has 0 bridgehead atoms. The van der Waals surface area contributed by atoms with E-state index in [1.165, 1.54) is 22.3 Å². The molecule has 0 heterocycles. The van der Waals surface area contributed by atoms with Gasteiger partial charge in [0.1, 0.15) is 11.9 Å². The number of nitrogens with one attached hydrogen (secondary N) is 4. The third-order valence-electron chi connectivity index (χ3n) is 11.9. The van der Waals surface area contributed by atoms with Gasteiger partial charge in [-0.25, -0.2) is 4.39 Å². The third-order valence-corrected chi connectivity index (χ3v) is 11.9. The highest BCUT2D eigenvalue weighted by Gasteiger charge is 2.28. The number of hydrogen-bond acceptors (Lipinski definition) is 6. The average molecular weight is 834 g/mol. The molecule has 1 amide bonds. The molecule has 0 aromatic heterocycles. The Kier molecular flexibility index (Phi) is 20.8.